The molecule has 0 spiro atoms. The zero-order valence-corrected chi connectivity index (χ0v) is 19.1. The van der Waals surface area contributed by atoms with Crippen molar-refractivity contribution < 1.29 is 28.4 Å². The van der Waals surface area contributed by atoms with Crippen LogP contribution in [0.25, 0.3) is 0 Å². The number of methoxy groups -OCH3 is 1. The third-order valence-corrected chi connectivity index (χ3v) is 6.07. The van der Waals surface area contributed by atoms with E-state index in [-0.39, 0.29) is 19.0 Å². The summed E-state index contributed by atoms with van der Waals surface area (Å²) in [5.41, 5.74) is 2.48. The number of likely N-dealkylation sites (tertiary alicyclic amines) is 1. The first-order chi connectivity index (χ1) is 14.3. The fraction of sp³-hybridized carbons (Fsp3) is 0.682. The lowest BCUT2D eigenvalue weighted by molar-refractivity contribution is -0.140. The van der Waals surface area contributed by atoms with E-state index >= 15 is 0 Å². The fourth-order valence-corrected chi connectivity index (χ4v) is 4.26. The maximum absolute atomic E-state index is 12.1. The molecule has 1 saturated heterocycles. The number of carbonyl (C=O) groups is 1. The molecule has 0 aliphatic carbocycles. The number of phosphoric ester groups is 1. The second kappa shape index (κ2) is 12.5. The lowest BCUT2D eigenvalue weighted by atomic mass is 10.0. The molecule has 0 aromatic heterocycles. The molecule has 1 fully saturated rings. The minimum absolute atomic E-state index is 0.0107. The quantitative estimate of drug-likeness (QED) is 0.331. The maximum Gasteiger partial charge on any atom is 0.469 e. The molecule has 0 radical (unpaired) electrons. The van der Waals surface area contributed by atoms with Crippen molar-refractivity contribution in [1.29, 1.82) is 0 Å². The number of benzene rings is 1. The Morgan fingerprint density at radius 1 is 1.10 bits per heavy atom. The van der Waals surface area contributed by atoms with Gasteiger partial charge in [-0.1, -0.05) is 44.7 Å². The van der Waals surface area contributed by atoms with Gasteiger partial charge in [0.15, 0.2) is 0 Å². The number of unbranched alkanes of at least 4 members (excludes halogenated alkanes) is 5. The molecule has 8 heteroatoms. The Morgan fingerprint density at radius 3 is 2.47 bits per heavy atom. The number of hydrogen-bond donors (Lipinski definition) is 2. The molecule has 2 rings (SSSR count). The van der Waals surface area contributed by atoms with Crippen molar-refractivity contribution in [2.75, 3.05) is 20.2 Å². The van der Waals surface area contributed by atoms with Gasteiger partial charge in [0.2, 0.25) is 5.91 Å². The molecule has 1 aromatic carbocycles. The van der Waals surface area contributed by atoms with E-state index < -0.39 is 13.9 Å². The van der Waals surface area contributed by atoms with Crippen LogP contribution in [0.4, 0.5) is 0 Å². The Bertz CT molecular complexity index is 714. The molecular weight excluding hydrogens is 405 g/mol. The number of nitrogens with zero attached hydrogens (tertiary/aromatic N) is 1. The van der Waals surface area contributed by atoms with E-state index in [0.717, 1.165) is 31.4 Å². The van der Waals surface area contributed by atoms with Gasteiger partial charge in [-0.05, 0) is 49.3 Å². The molecule has 0 saturated carbocycles. The second-order valence-corrected chi connectivity index (χ2v) is 9.23. The summed E-state index contributed by atoms with van der Waals surface area (Å²) >= 11 is 0. The van der Waals surface area contributed by atoms with Crippen LogP contribution in [0.1, 0.15) is 69.4 Å². The lowest BCUT2D eigenvalue weighted by Gasteiger charge is -2.38. The van der Waals surface area contributed by atoms with Gasteiger partial charge in [0.05, 0.1) is 7.11 Å². The molecule has 30 heavy (non-hydrogen) atoms. The summed E-state index contributed by atoms with van der Waals surface area (Å²) in [6, 6.07) is 6.44. The number of aryl methyl sites for hydroxylation is 2. The average Bonchev–Trinajstić information content (AvgIpc) is 2.67. The van der Waals surface area contributed by atoms with E-state index in [1.54, 1.807) is 12.0 Å². The Balaban J connectivity index is 1.66. The van der Waals surface area contributed by atoms with Crippen LogP contribution in [-0.2, 0) is 26.7 Å². The highest BCUT2D eigenvalue weighted by molar-refractivity contribution is 7.46. The lowest BCUT2D eigenvalue weighted by Crippen LogP contribution is -2.54. The van der Waals surface area contributed by atoms with Crippen LogP contribution < -0.4 is 4.74 Å². The summed E-state index contributed by atoms with van der Waals surface area (Å²) in [5.74, 6) is 0.965. The van der Waals surface area contributed by atoms with Crippen LogP contribution in [0.15, 0.2) is 18.2 Å². The summed E-state index contributed by atoms with van der Waals surface area (Å²) in [7, 11) is -2.76. The van der Waals surface area contributed by atoms with Gasteiger partial charge in [0.25, 0.3) is 0 Å². The average molecular weight is 442 g/mol. The molecule has 1 aliphatic rings. The summed E-state index contributed by atoms with van der Waals surface area (Å²) in [6.45, 7) is 2.73. The predicted molar refractivity (Wildman–Crippen MR) is 117 cm³/mol. The van der Waals surface area contributed by atoms with Crippen molar-refractivity contribution >= 4 is 13.7 Å². The van der Waals surface area contributed by atoms with Crippen LogP contribution in [0.5, 0.6) is 5.75 Å². The third-order valence-electron chi connectivity index (χ3n) is 5.49. The van der Waals surface area contributed by atoms with Crippen molar-refractivity contribution in [2.45, 2.75) is 77.2 Å². The van der Waals surface area contributed by atoms with Crippen LogP contribution >= 0.6 is 7.82 Å². The Hall–Kier alpha value is -1.40. The van der Waals surface area contributed by atoms with Crippen LogP contribution in [-0.4, -0.2) is 46.9 Å². The SMILES string of the molecule is CCCCCCCc1ccc(CCCCC(=O)N2CC(OP(=O)(O)O)C2)cc1OC. The third kappa shape index (κ3) is 8.76. The number of carbonyl (C=O) groups excluding carboxylic acids is 1. The molecule has 1 aliphatic heterocycles. The normalized spacial score (nSPS) is 14.6. The largest absolute Gasteiger partial charge is 0.496 e. The summed E-state index contributed by atoms with van der Waals surface area (Å²) in [6.07, 6.45) is 9.81. The predicted octanol–water partition coefficient (Wildman–Crippen LogP) is 4.24. The number of phosphoric acid groups is 1. The van der Waals surface area contributed by atoms with Crippen molar-refractivity contribution in [2.24, 2.45) is 0 Å². The van der Waals surface area contributed by atoms with E-state index in [0.29, 0.717) is 6.42 Å². The van der Waals surface area contributed by atoms with Crippen LogP contribution in [0.2, 0.25) is 0 Å². The molecule has 1 heterocycles. The van der Waals surface area contributed by atoms with Gasteiger partial charge in [-0.25, -0.2) is 4.57 Å². The fourth-order valence-electron chi connectivity index (χ4n) is 3.74. The maximum atomic E-state index is 12.1. The van der Waals surface area contributed by atoms with Crippen molar-refractivity contribution in [3.8, 4) is 5.75 Å². The molecule has 0 bridgehead atoms. The molecule has 0 atom stereocenters. The van der Waals surface area contributed by atoms with E-state index in [1.807, 2.05) is 0 Å². The smallest absolute Gasteiger partial charge is 0.469 e. The van der Waals surface area contributed by atoms with Gasteiger partial charge < -0.3 is 19.4 Å². The van der Waals surface area contributed by atoms with E-state index in [4.69, 9.17) is 14.5 Å². The van der Waals surface area contributed by atoms with Crippen molar-refractivity contribution in [1.82, 2.24) is 4.90 Å². The summed E-state index contributed by atoms with van der Waals surface area (Å²) in [4.78, 5) is 31.2. The highest BCUT2D eigenvalue weighted by Gasteiger charge is 2.35. The Labute approximate surface area is 180 Å². The van der Waals surface area contributed by atoms with Crippen molar-refractivity contribution in [3.63, 3.8) is 0 Å². The van der Waals surface area contributed by atoms with Crippen LogP contribution in [0, 0.1) is 0 Å². The van der Waals surface area contributed by atoms with Gasteiger partial charge in [0, 0.05) is 19.5 Å². The van der Waals surface area contributed by atoms with Gasteiger partial charge in [-0.2, -0.15) is 0 Å². The highest BCUT2D eigenvalue weighted by atomic mass is 31.2. The zero-order chi connectivity index (χ0) is 22.0. The molecular formula is C22H36NO6P. The number of ether oxygens (including phenoxy) is 1. The Kier molecular flexibility index (Phi) is 10.3. The van der Waals surface area contributed by atoms with E-state index in [2.05, 4.69) is 29.6 Å². The molecule has 0 unspecified atom stereocenters. The first-order valence-electron chi connectivity index (χ1n) is 11.0. The summed E-state index contributed by atoms with van der Waals surface area (Å²) < 4.78 is 20.9. The van der Waals surface area contributed by atoms with Crippen LogP contribution in [0.3, 0.4) is 0 Å². The standard InChI is InChI=1S/C22H36NO6P/c1-3-4-5-6-7-11-19-14-13-18(15-21(19)28-2)10-8-9-12-22(24)23-16-20(17-23)29-30(25,26)27/h13-15,20H,3-12,16-17H2,1-2H3,(H2,25,26,27). The minimum atomic E-state index is -4.47. The monoisotopic (exact) mass is 441 g/mol. The van der Waals surface area contributed by atoms with E-state index in [9.17, 15) is 9.36 Å². The minimum Gasteiger partial charge on any atom is -0.496 e. The number of amides is 1. The topological polar surface area (TPSA) is 96.3 Å². The van der Waals surface area contributed by atoms with Gasteiger partial charge in [-0.15, -0.1) is 0 Å². The zero-order valence-electron chi connectivity index (χ0n) is 18.2. The second-order valence-electron chi connectivity index (χ2n) is 8.03. The molecule has 1 amide bonds. The molecule has 2 N–H and O–H groups in total. The van der Waals surface area contributed by atoms with Gasteiger partial charge >= 0.3 is 7.82 Å². The Morgan fingerprint density at radius 2 is 1.80 bits per heavy atom. The van der Waals surface area contributed by atoms with E-state index in [1.165, 1.54) is 43.2 Å². The molecule has 1 aromatic rings. The van der Waals surface area contributed by atoms with Gasteiger partial charge in [0.1, 0.15) is 11.9 Å². The first kappa shape index (κ1) is 24.9. The summed E-state index contributed by atoms with van der Waals surface area (Å²) in [5, 5.41) is 0. The number of rotatable bonds is 14. The molecule has 170 valence electrons. The van der Waals surface area contributed by atoms with Gasteiger partial charge in [-0.3, -0.25) is 9.32 Å². The highest BCUT2D eigenvalue weighted by Crippen LogP contribution is 2.39. The molecule has 7 nitrogen and oxygen atoms in total. The number of hydrogen-bond acceptors (Lipinski definition) is 4. The first-order valence-corrected chi connectivity index (χ1v) is 12.5. The van der Waals surface area contributed by atoms with Crippen molar-refractivity contribution in [3.05, 3.63) is 29.3 Å².